The molecule has 0 aliphatic carbocycles. The number of hydrogen-bond donors (Lipinski definition) is 0. The van der Waals surface area contributed by atoms with Crippen LogP contribution in [0.4, 0.5) is 13.2 Å². The van der Waals surface area contributed by atoms with E-state index in [1.807, 2.05) is 0 Å². The summed E-state index contributed by atoms with van der Waals surface area (Å²) in [4.78, 5) is 0. The zero-order chi connectivity index (χ0) is 25.5. The number of hydrogen-bond acceptors (Lipinski definition) is 5. The van der Waals surface area contributed by atoms with Crippen LogP contribution in [0.3, 0.4) is 0 Å². The van der Waals surface area contributed by atoms with Gasteiger partial charge in [0, 0.05) is 13.2 Å². The molecule has 0 radical (unpaired) electrons. The Balaban J connectivity index is 0.00000102. The molecule has 0 spiro atoms. The largest absolute Gasteiger partial charge is 0.523 e. The van der Waals surface area contributed by atoms with Gasteiger partial charge in [0.25, 0.3) is 0 Å². The van der Waals surface area contributed by atoms with Crippen molar-refractivity contribution in [3.63, 3.8) is 0 Å². The summed E-state index contributed by atoms with van der Waals surface area (Å²) in [6.07, 6.45) is 25.6. The van der Waals surface area contributed by atoms with E-state index < -0.39 is 15.6 Å². The number of rotatable bonds is 20. The van der Waals surface area contributed by atoms with Crippen molar-refractivity contribution in [1.29, 1.82) is 0 Å². The lowest BCUT2D eigenvalue weighted by Gasteiger charge is -2.09. The van der Waals surface area contributed by atoms with Gasteiger partial charge >= 0.3 is 15.6 Å². The molecule has 0 N–H and O–H groups in total. The summed E-state index contributed by atoms with van der Waals surface area (Å²) < 4.78 is 67.1. The molecule has 0 aromatic heterocycles. The average Bonchev–Trinajstić information content (AvgIpc) is 3.31. The van der Waals surface area contributed by atoms with Gasteiger partial charge < -0.3 is 9.47 Å². The second-order valence-electron chi connectivity index (χ2n) is 9.08. The third-order valence-electron chi connectivity index (χ3n) is 5.97. The van der Waals surface area contributed by atoms with E-state index >= 15 is 0 Å². The molecule has 0 aromatic rings. The minimum Gasteiger partial charge on any atom is -0.379 e. The highest BCUT2D eigenvalue weighted by Gasteiger charge is 2.46. The Kier molecular flexibility index (Phi) is 21.6. The molecule has 206 valence electrons. The molecule has 1 rings (SSSR count). The molecular weight excluding hydrogens is 469 g/mol. The standard InChI is InChI=1S/C23H46O2.C2H3F3O3S/c1-2-3-4-5-6-7-8-9-10-11-12-13-14-15-16-17-20-24-22-23-19-18-21-25-23;1-8-9(6,7)2(3,4)5/h23H,2-22H2,1H3;1H3. The van der Waals surface area contributed by atoms with E-state index in [1.54, 1.807) is 0 Å². The molecule has 1 saturated heterocycles. The van der Waals surface area contributed by atoms with Crippen molar-refractivity contribution in [2.24, 2.45) is 0 Å². The molecule has 34 heavy (non-hydrogen) atoms. The Bertz CT molecular complexity index is 535. The topological polar surface area (TPSA) is 61.8 Å². The number of halogens is 3. The van der Waals surface area contributed by atoms with Crippen LogP contribution in [0, 0.1) is 0 Å². The molecule has 0 bridgehead atoms. The summed E-state index contributed by atoms with van der Waals surface area (Å²) in [6.45, 7) is 4.98. The van der Waals surface area contributed by atoms with Crippen LogP contribution in [0.15, 0.2) is 0 Å². The molecule has 1 heterocycles. The zero-order valence-electron chi connectivity index (χ0n) is 21.5. The van der Waals surface area contributed by atoms with Crippen LogP contribution in [0.1, 0.15) is 122 Å². The van der Waals surface area contributed by atoms with E-state index in [9.17, 15) is 21.6 Å². The first kappa shape index (κ1) is 33.6. The van der Waals surface area contributed by atoms with E-state index in [2.05, 4.69) is 11.1 Å². The Morgan fingerprint density at radius 2 is 1.24 bits per heavy atom. The van der Waals surface area contributed by atoms with Crippen molar-refractivity contribution < 1.29 is 35.2 Å². The van der Waals surface area contributed by atoms with Gasteiger partial charge in [0.15, 0.2) is 0 Å². The molecule has 9 heteroatoms. The summed E-state index contributed by atoms with van der Waals surface area (Å²) in [5.41, 5.74) is -5.30. The van der Waals surface area contributed by atoms with Crippen molar-refractivity contribution in [2.45, 2.75) is 134 Å². The van der Waals surface area contributed by atoms with Crippen molar-refractivity contribution in [1.82, 2.24) is 0 Å². The van der Waals surface area contributed by atoms with Gasteiger partial charge in [-0.05, 0) is 19.3 Å². The van der Waals surface area contributed by atoms with Crippen molar-refractivity contribution in [3.05, 3.63) is 0 Å². The highest BCUT2D eigenvalue weighted by Crippen LogP contribution is 2.23. The summed E-state index contributed by atoms with van der Waals surface area (Å²) in [6, 6.07) is 0. The van der Waals surface area contributed by atoms with Gasteiger partial charge in [-0.25, -0.2) is 0 Å². The monoisotopic (exact) mass is 518 g/mol. The highest BCUT2D eigenvalue weighted by molar-refractivity contribution is 7.87. The average molecular weight is 519 g/mol. The molecule has 0 aromatic carbocycles. The lowest BCUT2D eigenvalue weighted by Crippen LogP contribution is -2.23. The number of unbranched alkanes of at least 4 members (excludes halogenated alkanes) is 15. The maximum Gasteiger partial charge on any atom is 0.523 e. The van der Waals surface area contributed by atoms with Crippen LogP contribution in [-0.2, 0) is 23.8 Å². The number of alkyl halides is 3. The van der Waals surface area contributed by atoms with Gasteiger partial charge in [0.2, 0.25) is 0 Å². The zero-order valence-corrected chi connectivity index (χ0v) is 22.3. The van der Waals surface area contributed by atoms with Crippen molar-refractivity contribution in [3.8, 4) is 0 Å². The quantitative estimate of drug-likeness (QED) is 0.0930. The minimum atomic E-state index is -5.34. The Hall–Kier alpha value is -0.380. The van der Waals surface area contributed by atoms with Crippen LogP contribution in [0.5, 0.6) is 0 Å². The van der Waals surface area contributed by atoms with Gasteiger partial charge in [0.05, 0.1) is 19.8 Å². The smallest absolute Gasteiger partial charge is 0.379 e. The fraction of sp³-hybridized carbons (Fsp3) is 1.00. The van der Waals surface area contributed by atoms with E-state index in [0.717, 1.165) is 19.8 Å². The third kappa shape index (κ3) is 19.9. The van der Waals surface area contributed by atoms with Gasteiger partial charge in [-0.2, -0.15) is 21.6 Å². The summed E-state index contributed by atoms with van der Waals surface area (Å²) >= 11 is 0. The molecule has 0 amide bonds. The lowest BCUT2D eigenvalue weighted by atomic mass is 10.0. The normalized spacial score (nSPS) is 16.4. The maximum atomic E-state index is 11.1. The molecular formula is C25H49F3O5S. The second kappa shape index (κ2) is 21.9. The molecule has 1 atom stereocenters. The molecule has 1 aliphatic heterocycles. The third-order valence-corrected chi connectivity index (χ3v) is 6.98. The van der Waals surface area contributed by atoms with Crippen LogP contribution >= 0.6 is 0 Å². The van der Waals surface area contributed by atoms with Gasteiger partial charge in [0.1, 0.15) is 0 Å². The van der Waals surface area contributed by atoms with Crippen LogP contribution in [0.25, 0.3) is 0 Å². The predicted molar refractivity (Wildman–Crippen MR) is 131 cm³/mol. The maximum absolute atomic E-state index is 11.1. The van der Waals surface area contributed by atoms with E-state index in [-0.39, 0.29) is 0 Å². The lowest BCUT2D eigenvalue weighted by molar-refractivity contribution is -0.0526. The van der Waals surface area contributed by atoms with E-state index in [4.69, 9.17) is 9.47 Å². The molecule has 1 unspecified atom stereocenters. The van der Waals surface area contributed by atoms with Gasteiger partial charge in [-0.15, -0.1) is 0 Å². The van der Waals surface area contributed by atoms with E-state index in [1.165, 1.54) is 116 Å². The summed E-state index contributed by atoms with van der Waals surface area (Å²) in [5.74, 6) is 0. The van der Waals surface area contributed by atoms with Crippen LogP contribution in [-0.4, -0.2) is 47.0 Å². The highest BCUT2D eigenvalue weighted by atomic mass is 32.2. The molecule has 1 aliphatic rings. The van der Waals surface area contributed by atoms with E-state index in [0.29, 0.717) is 13.2 Å². The van der Waals surface area contributed by atoms with Crippen LogP contribution in [0.2, 0.25) is 0 Å². The second-order valence-corrected chi connectivity index (χ2v) is 10.8. The fourth-order valence-electron chi connectivity index (χ4n) is 3.84. The molecule has 1 fully saturated rings. The SMILES string of the molecule is CCCCCCCCCCCCCCCCCCOCC1CCCO1.COS(=O)(=O)C(F)(F)F. The Morgan fingerprint density at radius 3 is 1.56 bits per heavy atom. The first-order chi connectivity index (χ1) is 16.2. The van der Waals surface area contributed by atoms with Crippen molar-refractivity contribution in [2.75, 3.05) is 26.9 Å². The fourth-order valence-corrected chi connectivity index (χ4v) is 4.03. The first-order valence-electron chi connectivity index (χ1n) is 13.3. The van der Waals surface area contributed by atoms with Crippen molar-refractivity contribution >= 4 is 10.1 Å². The Morgan fingerprint density at radius 1 is 0.794 bits per heavy atom. The number of ether oxygens (including phenoxy) is 2. The summed E-state index contributed by atoms with van der Waals surface area (Å²) in [7, 11) is -4.89. The van der Waals surface area contributed by atoms with Gasteiger partial charge in [-0.3, -0.25) is 4.18 Å². The first-order valence-corrected chi connectivity index (χ1v) is 14.7. The predicted octanol–water partition coefficient (Wildman–Crippen LogP) is 7.93. The summed E-state index contributed by atoms with van der Waals surface area (Å²) in [5, 5.41) is 0. The molecule has 5 nitrogen and oxygen atoms in total. The minimum absolute atomic E-state index is 0.390. The molecule has 0 saturated carbocycles. The Labute approximate surface area is 206 Å². The van der Waals surface area contributed by atoms with Crippen LogP contribution < -0.4 is 0 Å². The van der Waals surface area contributed by atoms with Gasteiger partial charge in [-0.1, -0.05) is 103 Å².